The molecule has 0 fully saturated rings. The topological polar surface area (TPSA) is 26.3 Å². The van der Waals surface area contributed by atoms with Crippen LogP contribution in [0.1, 0.15) is 34.6 Å². The Morgan fingerprint density at radius 2 is 1.75 bits per heavy atom. The fourth-order valence-corrected chi connectivity index (χ4v) is 3.85. The minimum Gasteiger partial charge on any atom is -0.510 e. The predicted octanol–water partition coefficient (Wildman–Crippen LogP) is 3.50. The van der Waals surface area contributed by atoms with Gasteiger partial charge in [0.2, 0.25) is 0 Å². The van der Waals surface area contributed by atoms with Gasteiger partial charge in [-0.1, -0.05) is 39.8 Å². The molecule has 0 N–H and O–H groups in total. The van der Waals surface area contributed by atoms with Gasteiger partial charge in [-0.25, -0.2) is 4.79 Å². The SMILES string of the molecule is C=CC(=O)O[Si](C)C(=C(C)C(C)C)C(C)C. The first kappa shape index (κ1) is 15.2. The summed E-state index contributed by atoms with van der Waals surface area (Å²) in [6.45, 7) is 16.2. The van der Waals surface area contributed by atoms with E-state index in [9.17, 15) is 4.79 Å². The highest BCUT2D eigenvalue weighted by atomic mass is 28.3. The smallest absolute Gasteiger partial charge is 0.317 e. The highest BCUT2D eigenvalue weighted by Gasteiger charge is 2.23. The first-order valence-corrected chi connectivity index (χ1v) is 7.60. The molecule has 0 aromatic heterocycles. The summed E-state index contributed by atoms with van der Waals surface area (Å²) < 4.78 is 5.38. The lowest BCUT2D eigenvalue weighted by Gasteiger charge is -2.22. The lowest BCUT2D eigenvalue weighted by Crippen LogP contribution is -2.25. The van der Waals surface area contributed by atoms with Crippen molar-refractivity contribution in [3.63, 3.8) is 0 Å². The van der Waals surface area contributed by atoms with Crippen LogP contribution in [0.2, 0.25) is 6.55 Å². The van der Waals surface area contributed by atoms with Crippen molar-refractivity contribution in [3.8, 4) is 0 Å². The van der Waals surface area contributed by atoms with Crippen LogP contribution < -0.4 is 0 Å². The van der Waals surface area contributed by atoms with Crippen LogP contribution >= 0.6 is 0 Å². The molecule has 0 aromatic carbocycles. The van der Waals surface area contributed by atoms with E-state index >= 15 is 0 Å². The molecular formula is C13H23O2Si. The molecule has 0 amide bonds. The third-order valence-corrected chi connectivity index (χ3v) is 4.91. The molecule has 0 rings (SSSR count). The second-order valence-corrected chi connectivity index (χ2v) is 6.44. The van der Waals surface area contributed by atoms with Crippen molar-refractivity contribution in [2.24, 2.45) is 11.8 Å². The van der Waals surface area contributed by atoms with E-state index in [-0.39, 0.29) is 5.97 Å². The van der Waals surface area contributed by atoms with Crippen LogP contribution in [0, 0.1) is 11.8 Å². The molecule has 0 aromatic rings. The Bertz CT molecular complexity index is 290. The maximum atomic E-state index is 11.2. The van der Waals surface area contributed by atoms with Crippen molar-refractivity contribution in [2.75, 3.05) is 0 Å². The summed E-state index contributed by atoms with van der Waals surface area (Å²) in [7, 11) is -1.22. The molecule has 0 aliphatic rings. The second-order valence-electron chi connectivity index (χ2n) is 4.59. The van der Waals surface area contributed by atoms with E-state index in [4.69, 9.17) is 4.43 Å². The largest absolute Gasteiger partial charge is 0.510 e. The molecule has 0 heterocycles. The zero-order valence-corrected chi connectivity index (χ0v) is 12.3. The number of carbonyl (C=O) groups excluding carboxylic acids is 1. The quantitative estimate of drug-likeness (QED) is 0.542. The third-order valence-electron chi connectivity index (χ3n) is 2.67. The molecule has 16 heavy (non-hydrogen) atoms. The van der Waals surface area contributed by atoms with Gasteiger partial charge in [0.05, 0.1) is 0 Å². The zero-order valence-electron chi connectivity index (χ0n) is 11.3. The second kappa shape index (κ2) is 6.69. The normalized spacial score (nSPS) is 13.1. The molecule has 0 saturated heterocycles. The lowest BCUT2D eigenvalue weighted by atomic mass is 10.0. The van der Waals surface area contributed by atoms with Gasteiger partial charge in [0.1, 0.15) is 0 Å². The number of hydrogen-bond donors (Lipinski definition) is 0. The molecule has 0 aliphatic carbocycles. The summed E-state index contributed by atoms with van der Waals surface area (Å²) in [4.78, 5) is 11.2. The summed E-state index contributed by atoms with van der Waals surface area (Å²) in [6, 6.07) is 0. The average Bonchev–Trinajstić information content (AvgIpc) is 2.16. The van der Waals surface area contributed by atoms with Crippen LogP contribution in [0.25, 0.3) is 0 Å². The van der Waals surface area contributed by atoms with E-state index in [0.717, 1.165) is 0 Å². The van der Waals surface area contributed by atoms with Crippen LogP contribution in [0.5, 0.6) is 0 Å². The third kappa shape index (κ3) is 4.35. The van der Waals surface area contributed by atoms with Gasteiger partial charge in [-0.15, -0.1) is 0 Å². The number of rotatable bonds is 5. The van der Waals surface area contributed by atoms with Gasteiger partial charge in [0.25, 0.3) is 0 Å². The number of hydrogen-bond acceptors (Lipinski definition) is 2. The van der Waals surface area contributed by atoms with E-state index in [2.05, 4.69) is 41.2 Å². The van der Waals surface area contributed by atoms with Crippen LogP contribution in [0.15, 0.2) is 23.4 Å². The first-order valence-electron chi connectivity index (χ1n) is 5.70. The molecule has 0 unspecified atom stereocenters. The van der Waals surface area contributed by atoms with E-state index in [1.165, 1.54) is 16.8 Å². The molecule has 3 heteroatoms. The van der Waals surface area contributed by atoms with E-state index in [0.29, 0.717) is 11.8 Å². The molecule has 0 spiro atoms. The average molecular weight is 239 g/mol. The van der Waals surface area contributed by atoms with Crippen LogP contribution in [-0.4, -0.2) is 15.0 Å². The summed E-state index contributed by atoms with van der Waals surface area (Å²) in [5, 5.41) is 1.32. The molecule has 2 nitrogen and oxygen atoms in total. The Hall–Kier alpha value is -0.833. The monoisotopic (exact) mass is 239 g/mol. The van der Waals surface area contributed by atoms with Crippen LogP contribution in [-0.2, 0) is 9.22 Å². The summed E-state index contributed by atoms with van der Waals surface area (Å²) in [5.74, 6) is 0.616. The Balaban J connectivity index is 5.00. The highest BCUT2D eigenvalue weighted by molar-refractivity contribution is 6.61. The minimum atomic E-state index is -1.22. The Labute approximate surface area is 101 Å². The molecule has 91 valence electrons. The Morgan fingerprint density at radius 3 is 2.06 bits per heavy atom. The van der Waals surface area contributed by atoms with Crippen molar-refractivity contribution in [1.82, 2.24) is 0 Å². The van der Waals surface area contributed by atoms with Crippen LogP contribution in [0.3, 0.4) is 0 Å². The van der Waals surface area contributed by atoms with Crippen molar-refractivity contribution in [2.45, 2.75) is 41.2 Å². The van der Waals surface area contributed by atoms with Crippen molar-refractivity contribution in [3.05, 3.63) is 23.4 Å². The maximum Gasteiger partial charge on any atom is 0.317 e. The predicted molar refractivity (Wildman–Crippen MR) is 70.3 cm³/mol. The number of allylic oxidation sites excluding steroid dienone is 2. The zero-order chi connectivity index (χ0) is 12.9. The van der Waals surface area contributed by atoms with E-state index in [1.54, 1.807) is 0 Å². The molecule has 0 saturated carbocycles. The van der Waals surface area contributed by atoms with Crippen molar-refractivity contribution < 1.29 is 9.22 Å². The Kier molecular flexibility index (Phi) is 6.34. The van der Waals surface area contributed by atoms with Crippen LogP contribution in [0.4, 0.5) is 0 Å². The number of carbonyl (C=O) groups is 1. The highest BCUT2D eigenvalue weighted by Crippen LogP contribution is 2.23. The van der Waals surface area contributed by atoms with Gasteiger partial charge < -0.3 is 4.43 Å². The van der Waals surface area contributed by atoms with E-state index in [1.807, 2.05) is 6.55 Å². The molecule has 1 radical (unpaired) electrons. The van der Waals surface area contributed by atoms with Gasteiger partial charge in [-0.2, -0.15) is 0 Å². The molecule has 0 atom stereocenters. The lowest BCUT2D eigenvalue weighted by molar-refractivity contribution is -0.129. The van der Waals surface area contributed by atoms with Gasteiger partial charge in [0, 0.05) is 6.08 Å². The van der Waals surface area contributed by atoms with Crippen molar-refractivity contribution in [1.29, 1.82) is 0 Å². The van der Waals surface area contributed by atoms with Crippen molar-refractivity contribution >= 4 is 15.0 Å². The fourth-order valence-electron chi connectivity index (χ4n) is 1.70. The Morgan fingerprint density at radius 1 is 1.25 bits per heavy atom. The summed E-state index contributed by atoms with van der Waals surface area (Å²) >= 11 is 0. The summed E-state index contributed by atoms with van der Waals surface area (Å²) in [5.41, 5.74) is 1.35. The first-order chi connectivity index (χ1) is 7.31. The standard InChI is InChI=1S/C13H23O2Si/c1-8-12(14)15-16(7)13(10(4)5)11(6)9(2)3/h8-10H,1H2,2-7H3. The summed E-state index contributed by atoms with van der Waals surface area (Å²) in [6.07, 6.45) is 1.23. The molecular weight excluding hydrogens is 216 g/mol. The fraction of sp³-hybridized carbons (Fsp3) is 0.615. The van der Waals surface area contributed by atoms with Gasteiger partial charge in [-0.05, 0) is 30.5 Å². The molecule has 0 bridgehead atoms. The van der Waals surface area contributed by atoms with Gasteiger partial charge in [-0.3, -0.25) is 0 Å². The minimum absolute atomic E-state index is 0.314. The van der Waals surface area contributed by atoms with E-state index < -0.39 is 9.04 Å². The molecule has 0 aliphatic heterocycles. The van der Waals surface area contributed by atoms with Gasteiger partial charge >= 0.3 is 15.0 Å². The maximum absolute atomic E-state index is 11.2. The van der Waals surface area contributed by atoms with Gasteiger partial charge in [0.15, 0.2) is 0 Å².